The second-order valence-corrected chi connectivity index (χ2v) is 8.03. The van der Waals surface area contributed by atoms with Crippen LogP contribution in [0.2, 0.25) is 5.02 Å². The molecule has 1 aromatic heterocycles. The number of ketones is 1. The number of allylic oxidation sites excluding steroid dienone is 1. The van der Waals surface area contributed by atoms with Crippen molar-refractivity contribution < 1.29 is 19.2 Å². The van der Waals surface area contributed by atoms with Crippen LogP contribution in [0.3, 0.4) is 0 Å². The minimum atomic E-state index is -0.521. The van der Waals surface area contributed by atoms with Crippen LogP contribution in [0.15, 0.2) is 54.6 Å². The number of methoxy groups -OCH3 is 1. The number of carbonyl (C=O) groups excluding carboxylic acids is 1. The average molecular weight is 444 g/mol. The van der Waals surface area contributed by atoms with Crippen molar-refractivity contribution in [3.63, 3.8) is 0 Å². The summed E-state index contributed by atoms with van der Waals surface area (Å²) in [7, 11) is 1.55. The molecular formula is C22H18ClNO5S. The fourth-order valence-electron chi connectivity index (χ4n) is 2.71. The van der Waals surface area contributed by atoms with Crippen molar-refractivity contribution in [2.45, 2.75) is 13.5 Å². The Morgan fingerprint density at radius 2 is 1.93 bits per heavy atom. The molecule has 0 N–H and O–H groups in total. The number of benzene rings is 2. The van der Waals surface area contributed by atoms with Crippen molar-refractivity contribution in [3.05, 3.63) is 90.6 Å². The highest BCUT2D eigenvalue weighted by Gasteiger charge is 2.12. The number of aryl methyl sites for hydroxylation is 1. The Hall–Kier alpha value is -3.16. The Bertz CT molecular complexity index is 1120. The molecular weight excluding hydrogens is 426 g/mol. The Morgan fingerprint density at radius 3 is 2.57 bits per heavy atom. The van der Waals surface area contributed by atoms with E-state index in [9.17, 15) is 14.9 Å². The summed E-state index contributed by atoms with van der Waals surface area (Å²) in [6.45, 7) is 2.10. The lowest BCUT2D eigenvalue weighted by Crippen LogP contribution is -2.00. The summed E-state index contributed by atoms with van der Waals surface area (Å²) in [6.07, 6.45) is 3.27. The predicted octanol–water partition coefficient (Wildman–Crippen LogP) is 6.10. The Morgan fingerprint density at radius 1 is 1.17 bits per heavy atom. The molecule has 154 valence electrons. The summed E-state index contributed by atoms with van der Waals surface area (Å²) in [5.41, 5.74) is 1.45. The van der Waals surface area contributed by atoms with Crippen molar-refractivity contribution in [2.24, 2.45) is 0 Å². The fraction of sp³-hybridized carbons (Fsp3) is 0.136. The molecule has 0 aliphatic heterocycles. The SMILES string of the molecule is COc1ccc(/C=C/C(=O)c2ccc(C)s2)cc1COc1ccc([N+](=O)[O-])cc1Cl. The van der Waals surface area contributed by atoms with E-state index in [-0.39, 0.29) is 23.1 Å². The lowest BCUT2D eigenvalue weighted by Gasteiger charge is -2.12. The molecule has 0 bridgehead atoms. The van der Waals surface area contributed by atoms with Crippen molar-refractivity contribution in [2.75, 3.05) is 7.11 Å². The molecule has 0 atom stereocenters. The first-order chi connectivity index (χ1) is 14.4. The normalized spacial score (nSPS) is 10.9. The number of non-ortho nitro benzene ring substituents is 1. The molecule has 3 rings (SSSR count). The van der Waals surface area contributed by atoms with Gasteiger partial charge in [-0.2, -0.15) is 0 Å². The first-order valence-electron chi connectivity index (χ1n) is 8.90. The fourth-order valence-corrected chi connectivity index (χ4v) is 3.73. The van der Waals surface area contributed by atoms with E-state index in [1.165, 1.54) is 35.6 Å². The van der Waals surface area contributed by atoms with Crippen molar-refractivity contribution in [1.82, 2.24) is 0 Å². The molecule has 1 heterocycles. The van der Waals surface area contributed by atoms with Gasteiger partial charge in [0, 0.05) is 22.6 Å². The van der Waals surface area contributed by atoms with E-state index in [4.69, 9.17) is 21.1 Å². The first kappa shape index (κ1) is 21.5. The number of nitro benzene ring substituents is 1. The van der Waals surface area contributed by atoms with Gasteiger partial charge in [-0.25, -0.2) is 0 Å². The van der Waals surface area contributed by atoms with E-state index in [2.05, 4.69) is 0 Å². The van der Waals surface area contributed by atoms with Gasteiger partial charge in [-0.1, -0.05) is 23.7 Å². The number of ether oxygens (including phenoxy) is 2. The summed E-state index contributed by atoms with van der Waals surface area (Å²) in [5.74, 6) is 0.887. The van der Waals surface area contributed by atoms with Gasteiger partial charge in [0.1, 0.15) is 18.1 Å². The van der Waals surface area contributed by atoms with Crippen LogP contribution in [0.4, 0.5) is 5.69 Å². The molecule has 2 aromatic carbocycles. The highest BCUT2D eigenvalue weighted by atomic mass is 35.5. The lowest BCUT2D eigenvalue weighted by atomic mass is 10.1. The summed E-state index contributed by atoms with van der Waals surface area (Å²) >= 11 is 7.54. The van der Waals surface area contributed by atoms with Crippen molar-refractivity contribution in [3.8, 4) is 11.5 Å². The van der Waals surface area contributed by atoms with Crippen LogP contribution in [0, 0.1) is 17.0 Å². The van der Waals surface area contributed by atoms with E-state index in [0.29, 0.717) is 16.4 Å². The molecule has 0 saturated carbocycles. The van der Waals surface area contributed by atoms with Crippen LogP contribution >= 0.6 is 22.9 Å². The average Bonchev–Trinajstić information content (AvgIpc) is 3.17. The van der Waals surface area contributed by atoms with Gasteiger partial charge in [0.2, 0.25) is 0 Å². The first-order valence-corrected chi connectivity index (χ1v) is 10.1. The minimum Gasteiger partial charge on any atom is -0.496 e. The zero-order valence-electron chi connectivity index (χ0n) is 16.3. The maximum atomic E-state index is 12.3. The van der Waals surface area contributed by atoms with Gasteiger partial charge in [0.05, 0.1) is 21.9 Å². The van der Waals surface area contributed by atoms with E-state index < -0.39 is 4.92 Å². The zero-order valence-corrected chi connectivity index (χ0v) is 17.8. The number of halogens is 1. The van der Waals surface area contributed by atoms with Crippen molar-refractivity contribution in [1.29, 1.82) is 0 Å². The summed E-state index contributed by atoms with van der Waals surface area (Å²) in [4.78, 5) is 24.4. The molecule has 0 spiro atoms. The van der Waals surface area contributed by atoms with Gasteiger partial charge >= 0.3 is 0 Å². The molecule has 8 heteroatoms. The monoisotopic (exact) mass is 443 g/mol. The highest BCUT2D eigenvalue weighted by molar-refractivity contribution is 7.14. The van der Waals surface area contributed by atoms with Crippen LogP contribution in [0.25, 0.3) is 6.08 Å². The predicted molar refractivity (Wildman–Crippen MR) is 118 cm³/mol. The van der Waals surface area contributed by atoms with Crippen LogP contribution in [0.5, 0.6) is 11.5 Å². The van der Waals surface area contributed by atoms with E-state index in [1.807, 2.05) is 31.2 Å². The second-order valence-electron chi connectivity index (χ2n) is 6.34. The maximum Gasteiger partial charge on any atom is 0.271 e. The van der Waals surface area contributed by atoms with Gasteiger partial charge in [0.15, 0.2) is 5.78 Å². The van der Waals surface area contributed by atoms with Gasteiger partial charge in [-0.05, 0) is 48.9 Å². The van der Waals surface area contributed by atoms with E-state index in [1.54, 1.807) is 19.3 Å². The highest BCUT2D eigenvalue weighted by Crippen LogP contribution is 2.30. The number of hydrogen-bond donors (Lipinski definition) is 0. The number of nitrogens with zero attached hydrogens (tertiary/aromatic N) is 1. The Labute approximate surface area is 182 Å². The maximum absolute atomic E-state index is 12.3. The van der Waals surface area contributed by atoms with E-state index >= 15 is 0 Å². The number of rotatable bonds is 8. The molecule has 30 heavy (non-hydrogen) atoms. The van der Waals surface area contributed by atoms with Crippen LogP contribution in [0.1, 0.15) is 25.7 Å². The number of thiophene rings is 1. The van der Waals surface area contributed by atoms with Crippen LogP contribution < -0.4 is 9.47 Å². The number of carbonyl (C=O) groups is 1. The molecule has 0 saturated heterocycles. The third-order valence-corrected chi connectivity index (χ3v) is 5.53. The topological polar surface area (TPSA) is 78.7 Å². The van der Waals surface area contributed by atoms with Crippen LogP contribution in [-0.2, 0) is 6.61 Å². The quantitative estimate of drug-likeness (QED) is 0.182. The second kappa shape index (κ2) is 9.56. The molecule has 0 fully saturated rings. The molecule has 0 unspecified atom stereocenters. The Balaban J connectivity index is 1.75. The lowest BCUT2D eigenvalue weighted by molar-refractivity contribution is -0.384. The van der Waals surface area contributed by atoms with Gasteiger partial charge in [0.25, 0.3) is 5.69 Å². The van der Waals surface area contributed by atoms with Gasteiger partial charge in [-0.15, -0.1) is 11.3 Å². The standard InChI is InChI=1S/C22H18ClNO5S/c1-14-3-10-22(30-14)19(25)7-4-15-5-8-20(28-2)16(11-15)13-29-21-9-6-17(24(26)27)12-18(21)23/h3-12H,13H2,1-2H3/b7-4+. The molecule has 0 aliphatic rings. The number of hydrogen-bond acceptors (Lipinski definition) is 6. The molecule has 6 nitrogen and oxygen atoms in total. The third kappa shape index (κ3) is 5.25. The van der Waals surface area contributed by atoms with Gasteiger partial charge in [-0.3, -0.25) is 14.9 Å². The minimum absolute atomic E-state index is 0.0561. The summed E-state index contributed by atoms with van der Waals surface area (Å²) in [6, 6.07) is 13.2. The van der Waals surface area contributed by atoms with Crippen molar-refractivity contribution >= 4 is 40.5 Å². The third-order valence-electron chi connectivity index (χ3n) is 4.22. The van der Waals surface area contributed by atoms with E-state index in [0.717, 1.165) is 16.0 Å². The smallest absolute Gasteiger partial charge is 0.271 e. The summed E-state index contributed by atoms with van der Waals surface area (Å²) in [5, 5.41) is 11.0. The summed E-state index contributed by atoms with van der Waals surface area (Å²) < 4.78 is 11.1. The molecule has 0 aliphatic carbocycles. The number of nitro groups is 1. The van der Waals surface area contributed by atoms with Gasteiger partial charge < -0.3 is 9.47 Å². The Kier molecular flexibility index (Phi) is 6.87. The van der Waals surface area contributed by atoms with Crippen LogP contribution in [-0.4, -0.2) is 17.8 Å². The largest absolute Gasteiger partial charge is 0.496 e. The molecule has 3 aromatic rings. The molecule has 0 radical (unpaired) electrons. The molecule has 0 amide bonds. The zero-order chi connectivity index (χ0) is 21.7.